The maximum atomic E-state index is 13.4. The smallest absolute Gasteiger partial charge is 0.412 e. The molecule has 2 aromatic rings. The molecule has 0 aromatic heterocycles. The predicted octanol–water partition coefficient (Wildman–Crippen LogP) is 6.00. The van der Waals surface area contributed by atoms with Crippen LogP contribution in [0.25, 0.3) is 0 Å². The molecule has 0 saturated heterocycles. The highest BCUT2D eigenvalue weighted by atomic mass is 16.6. The third kappa shape index (κ3) is 5.88. The van der Waals surface area contributed by atoms with Gasteiger partial charge in [-0.1, -0.05) is 31.2 Å². The van der Waals surface area contributed by atoms with E-state index in [1.165, 1.54) is 0 Å². The summed E-state index contributed by atoms with van der Waals surface area (Å²) in [6, 6.07) is 13.6. The van der Waals surface area contributed by atoms with E-state index in [0.717, 1.165) is 41.8 Å². The van der Waals surface area contributed by atoms with Crippen LogP contribution in [0.15, 0.2) is 42.5 Å². The van der Waals surface area contributed by atoms with Gasteiger partial charge in [-0.2, -0.15) is 0 Å². The summed E-state index contributed by atoms with van der Waals surface area (Å²) < 4.78 is 11.3. The fraction of sp³-hybridized carbons (Fsp3) is 0.462. The van der Waals surface area contributed by atoms with E-state index in [4.69, 9.17) is 9.47 Å². The van der Waals surface area contributed by atoms with Gasteiger partial charge in [0.2, 0.25) is 0 Å². The molecule has 0 aliphatic carbocycles. The molecular weight excluding hydrogens is 404 g/mol. The van der Waals surface area contributed by atoms with E-state index < -0.39 is 11.7 Å². The van der Waals surface area contributed by atoms with Crippen LogP contribution in [0, 0.1) is 0 Å². The van der Waals surface area contributed by atoms with Crippen molar-refractivity contribution in [2.45, 2.75) is 72.0 Å². The van der Waals surface area contributed by atoms with Crippen LogP contribution in [-0.4, -0.2) is 29.8 Å². The standard InChI is InChI=1S/C26H34N2O4/c1-7-26(5,6)31-17-23(29)28-21-11-9-8-10-18(21)12-13-19-14-15-20(16-22(19)28)27-24(30)32-25(2,3)4/h8-11,14-16H,7,12-13,17H2,1-6H3,(H,27,30). The molecule has 2 amide bonds. The third-order valence-corrected chi connectivity index (χ3v) is 5.55. The van der Waals surface area contributed by atoms with E-state index in [2.05, 4.69) is 11.4 Å². The topological polar surface area (TPSA) is 67.9 Å². The second-order valence-electron chi connectivity index (χ2n) is 9.73. The molecule has 1 N–H and O–H groups in total. The molecule has 2 aromatic carbocycles. The van der Waals surface area contributed by atoms with Gasteiger partial charge in [-0.05, 0) is 83.2 Å². The van der Waals surface area contributed by atoms with Crippen molar-refractivity contribution in [1.29, 1.82) is 0 Å². The molecule has 0 saturated carbocycles. The number of benzene rings is 2. The zero-order chi connectivity index (χ0) is 23.5. The number of ether oxygens (including phenoxy) is 2. The summed E-state index contributed by atoms with van der Waals surface area (Å²) in [7, 11) is 0. The SMILES string of the molecule is CCC(C)(C)OCC(=O)N1c2ccccc2CCc2ccc(NC(=O)OC(C)(C)C)cc21. The lowest BCUT2D eigenvalue weighted by molar-refractivity contribution is -0.128. The number of para-hydroxylation sites is 1. The first-order chi connectivity index (χ1) is 15.0. The van der Waals surface area contributed by atoms with Crippen LogP contribution in [0.2, 0.25) is 0 Å². The maximum Gasteiger partial charge on any atom is 0.412 e. The molecule has 172 valence electrons. The van der Waals surface area contributed by atoms with Gasteiger partial charge in [-0.3, -0.25) is 15.0 Å². The molecular formula is C26H34N2O4. The average molecular weight is 439 g/mol. The molecule has 1 aliphatic heterocycles. The Morgan fingerprint density at radius 2 is 1.62 bits per heavy atom. The van der Waals surface area contributed by atoms with E-state index in [-0.39, 0.29) is 18.1 Å². The Hall–Kier alpha value is -2.86. The van der Waals surface area contributed by atoms with Crippen molar-refractivity contribution in [3.63, 3.8) is 0 Å². The lowest BCUT2D eigenvalue weighted by Gasteiger charge is -2.28. The molecule has 0 fully saturated rings. The highest BCUT2D eigenvalue weighted by molar-refractivity contribution is 6.03. The Morgan fingerprint density at radius 1 is 0.969 bits per heavy atom. The summed E-state index contributed by atoms with van der Waals surface area (Å²) in [5, 5.41) is 2.79. The van der Waals surface area contributed by atoms with E-state index in [0.29, 0.717) is 5.69 Å². The summed E-state index contributed by atoms with van der Waals surface area (Å²) in [6.07, 6.45) is 1.90. The van der Waals surface area contributed by atoms with E-state index in [1.807, 2.05) is 77.9 Å². The predicted molar refractivity (Wildman–Crippen MR) is 128 cm³/mol. The lowest BCUT2D eigenvalue weighted by atomic mass is 10.0. The van der Waals surface area contributed by atoms with E-state index in [1.54, 1.807) is 4.90 Å². The van der Waals surface area contributed by atoms with Crippen molar-refractivity contribution >= 4 is 29.1 Å². The van der Waals surface area contributed by atoms with Crippen molar-refractivity contribution in [2.75, 3.05) is 16.8 Å². The lowest BCUT2D eigenvalue weighted by Crippen LogP contribution is -2.35. The van der Waals surface area contributed by atoms with E-state index >= 15 is 0 Å². The van der Waals surface area contributed by atoms with Gasteiger partial charge in [0.1, 0.15) is 12.2 Å². The highest BCUT2D eigenvalue weighted by Gasteiger charge is 2.28. The van der Waals surface area contributed by atoms with Crippen LogP contribution in [-0.2, 0) is 27.1 Å². The Bertz CT molecular complexity index is 992. The number of nitrogens with one attached hydrogen (secondary N) is 1. The molecule has 0 bridgehead atoms. The molecule has 0 atom stereocenters. The number of amides is 2. The molecule has 0 spiro atoms. The van der Waals surface area contributed by atoms with Gasteiger partial charge in [-0.15, -0.1) is 0 Å². The number of anilines is 3. The van der Waals surface area contributed by atoms with Gasteiger partial charge in [0.25, 0.3) is 5.91 Å². The second-order valence-corrected chi connectivity index (χ2v) is 9.73. The Kier molecular flexibility index (Phi) is 6.94. The molecule has 32 heavy (non-hydrogen) atoms. The Balaban J connectivity index is 1.96. The van der Waals surface area contributed by atoms with Crippen molar-refractivity contribution < 1.29 is 19.1 Å². The fourth-order valence-corrected chi connectivity index (χ4v) is 3.51. The molecule has 1 heterocycles. The summed E-state index contributed by atoms with van der Waals surface area (Å²) in [4.78, 5) is 27.5. The zero-order valence-electron chi connectivity index (χ0n) is 20.0. The highest BCUT2D eigenvalue weighted by Crippen LogP contribution is 2.38. The van der Waals surface area contributed by atoms with Crippen molar-refractivity contribution in [3.05, 3.63) is 53.6 Å². The van der Waals surface area contributed by atoms with Gasteiger partial charge < -0.3 is 9.47 Å². The number of carbonyl (C=O) groups is 2. The number of hydrogen-bond donors (Lipinski definition) is 1. The van der Waals surface area contributed by atoms with Crippen molar-refractivity contribution in [2.24, 2.45) is 0 Å². The number of rotatable bonds is 5. The number of nitrogens with zero attached hydrogens (tertiary/aromatic N) is 1. The molecule has 0 unspecified atom stereocenters. The molecule has 0 radical (unpaired) electrons. The maximum absolute atomic E-state index is 13.4. The first-order valence-corrected chi connectivity index (χ1v) is 11.2. The van der Waals surface area contributed by atoms with E-state index in [9.17, 15) is 9.59 Å². The Morgan fingerprint density at radius 3 is 2.28 bits per heavy atom. The number of aryl methyl sites for hydroxylation is 2. The van der Waals surface area contributed by atoms with Crippen LogP contribution in [0.5, 0.6) is 0 Å². The average Bonchev–Trinajstić information content (AvgIpc) is 2.87. The van der Waals surface area contributed by atoms with Crippen molar-refractivity contribution in [3.8, 4) is 0 Å². The van der Waals surface area contributed by atoms with Gasteiger partial charge in [0, 0.05) is 5.69 Å². The minimum atomic E-state index is -0.597. The third-order valence-electron chi connectivity index (χ3n) is 5.55. The molecule has 1 aliphatic rings. The number of hydrogen-bond acceptors (Lipinski definition) is 4. The summed E-state index contributed by atoms with van der Waals surface area (Å²) >= 11 is 0. The Labute approximate surface area is 190 Å². The summed E-state index contributed by atoms with van der Waals surface area (Å²) in [5.41, 5.74) is 3.34. The minimum absolute atomic E-state index is 0.0294. The first-order valence-electron chi connectivity index (χ1n) is 11.2. The van der Waals surface area contributed by atoms with Gasteiger partial charge >= 0.3 is 6.09 Å². The zero-order valence-corrected chi connectivity index (χ0v) is 20.0. The summed E-state index contributed by atoms with van der Waals surface area (Å²) in [5.74, 6) is -0.142. The van der Waals surface area contributed by atoms with Gasteiger partial charge in [0.05, 0.1) is 17.0 Å². The largest absolute Gasteiger partial charge is 0.444 e. The number of fused-ring (bicyclic) bond motifs is 2. The fourth-order valence-electron chi connectivity index (χ4n) is 3.51. The van der Waals surface area contributed by atoms with Gasteiger partial charge in [0.15, 0.2) is 0 Å². The first kappa shape index (κ1) is 23.8. The van der Waals surface area contributed by atoms with Crippen molar-refractivity contribution in [1.82, 2.24) is 0 Å². The quantitative estimate of drug-likeness (QED) is 0.621. The second kappa shape index (κ2) is 9.33. The summed E-state index contributed by atoms with van der Waals surface area (Å²) in [6.45, 7) is 11.4. The van der Waals surface area contributed by atoms with Crippen LogP contribution >= 0.6 is 0 Å². The number of carbonyl (C=O) groups excluding carboxylic acids is 2. The minimum Gasteiger partial charge on any atom is -0.444 e. The van der Waals surface area contributed by atoms with Crippen LogP contribution in [0.3, 0.4) is 0 Å². The van der Waals surface area contributed by atoms with Crippen LogP contribution in [0.1, 0.15) is 59.1 Å². The molecule has 3 rings (SSSR count). The molecule has 6 heteroatoms. The molecule has 6 nitrogen and oxygen atoms in total. The monoisotopic (exact) mass is 438 g/mol. The van der Waals surface area contributed by atoms with Crippen LogP contribution < -0.4 is 10.2 Å². The normalized spacial score (nSPS) is 13.6. The van der Waals surface area contributed by atoms with Crippen LogP contribution in [0.4, 0.5) is 21.9 Å². The van der Waals surface area contributed by atoms with Gasteiger partial charge in [-0.25, -0.2) is 4.79 Å².